The highest BCUT2D eigenvalue weighted by molar-refractivity contribution is 5.97. The fourth-order valence-corrected chi connectivity index (χ4v) is 3.39. The molecule has 0 radical (unpaired) electrons. The average molecular weight is 318 g/mol. The molecule has 1 atom stereocenters. The number of aliphatic carboxylic acids is 1. The zero-order chi connectivity index (χ0) is 16.2. The van der Waals surface area contributed by atoms with E-state index in [2.05, 4.69) is 4.98 Å². The Labute approximate surface area is 135 Å². The minimum Gasteiger partial charge on any atom is -0.480 e. The summed E-state index contributed by atoms with van der Waals surface area (Å²) >= 11 is 0. The van der Waals surface area contributed by atoms with Crippen LogP contribution in [-0.4, -0.2) is 45.6 Å². The third kappa shape index (κ3) is 3.63. The first-order chi connectivity index (χ1) is 11.1. The quantitative estimate of drug-likeness (QED) is 0.922. The first kappa shape index (κ1) is 15.8. The van der Waals surface area contributed by atoms with Gasteiger partial charge in [0, 0.05) is 24.4 Å². The van der Waals surface area contributed by atoms with Crippen molar-refractivity contribution in [3.63, 3.8) is 0 Å². The van der Waals surface area contributed by atoms with Gasteiger partial charge in [-0.1, -0.05) is 6.42 Å². The van der Waals surface area contributed by atoms with E-state index in [4.69, 9.17) is 4.74 Å². The topological polar surface area (TPSA) is 79.7 Å². The third-order valence-corrected chi connectivity index (χ3v) is 4.62. The lowest BCUT2D eigenvalue weighted by molar-refractivity contribution is -0.141. The van der Waals surface area contributed by atoms with Crippen molar-refractivity contribution in [1.29, 1.82) is 0 Å². The van der Waals surface area contributed by atoms with Crippen molar-refractivity contribution in [3.05, 3.63) is 23.9 Å². The maximum Gasteiger partial charge on any atom is 0.326 e. The highest BCUT2D eigenvalue weighted by Gasteiger charge is 2.34. The van der Waals surface area contributed by atoms with E-state index in [9.17, 15) is 14.7 Å². The van der Waals surface area contributed by atoms with E-state index in [1.54, 1.807) is 18.3 Å². The number of nitrogens with zero attached hydrogens (tertiary/aromatic N) is 2. The Bertz CT molecular complexity index is 584. The number of carbonyl (C=O) groups is 2. The lowest BCUT2D eigenvalue weighted by Crippen LogP contribution is -2.40. The molecule has 2 heterocycles. The van der Waals surface area contributed by atoms with Crippen LogP contribution in [0, 0.1) is 0 Å². The van der Waals surface area contributed by atoms with Crippen molar-refractivity contribution in [2.24, 2.45) is 0 Å². The van der Waals surface area contributed by atoms with E-state index in [0.29, 0.717) is 24.4 Å². The second kappa shape index (κ2) is 6.98. The van der Waals surface area contributed by atoms with Gasteiger partial charge in [0.25, 0.3) is 5.91 Å². The molecule has 1 saturated heterocycles. The zero-order valence-corrected chi connectivity index (χ0v) is 13.1. The number of aromatic nitrogens is 1. The molecule has 1 amide bonds. The summed E-state index contributed by atoms with van der Waals surface area (Å²) in [5, 5.41) is 9.22. The van der Waals surface area contributed by atoms with Gasteiger partial charge in [0.1, 0.15) is 12.1 Å². The van der Waals surface area contributed by atoms with Crippen LogP contribution in [0.15, 0.2) is 18.3 Å². The Kier molecular flexibility index (Phi) is 4.79. The summed E-state index contributed by atoms with van der Waals surface area (Å²) in [6.07, 6.45) is 8.57. The van der Waals surface area contributed by atoms with Crippen molar-refractivity contribution in [2.45, 2.75) is 57.1 Å². The number of ether oxygens (including phenoxy) is 1. The lowest BCUT2D eigenvalue weighted by Gasteiger charge is -2.23. The summed E-state index contributed by atoms with van der Waals surface area (Å²) in [5.41, 5.74) is 0.443. The van der Waals surface area contributed by atoms with Crippen molar-refractivity contribution in [1.82, 2.24) is 9.88 Å². The lowest BCUT2D eigenvalue weighted by atomic mass is 9.98. The van der Waals surface area contributed by atoms with Crippen LogP contribution in [0.2, 0.25) is 0 Å². The number of amides is 1. The van der Waals surface area contributed by atoms with Gasteiger partial charge in [-0.3, -0.25) is 4.79 Å². The number of pyridine rings is 1. The van der Waals surface area contributed by atoms with Gasteiger partial charge < -0.3 is 14.7 Å². The predicted molar refractivity (Wildman–Crippen MR) is 83.4 cm³/mol. The Hall–Kier alpha value is -2.11. The normalized spacial score (nSPS) is 22.1. The Morgan fingerprint density at radius 3 is 2.70 bits per heavy atom. The molecule has 1 N–H and O–H groups in total. The largest absolute Gasteiger partial charge is 0.480 e. The van der Waals surface area contributed by atoms with Gasteiger partial charge in [-0.15, -0.1) is 0 Å². The molecule has 1 aromatic heterocycles. The van der Waals surface area contributed by atoms with Gasteiger partial charge in [0.05, 0.1) is 0 Å². The maximum absolute atomic E-state index is 12.6. The van der Waals surface area contributed by atoms with Crippen LogP contribution in [0.3, 0.4) is 0 Å². The molecule has 0 unspecified atom stereocenters. The van der Waals surface area contributed by atoms with Crippen LogP contribution in [0.25, 0.3) is 0 Å². The maximum atomic E-state index is 12.6. The van der Waals surface area contributed by atoms with Crippen molar-refractivity contribution < 1.29 is 19.4 Å². The molecule has 2 aliphatic rings. The molecule has 3 rings (SSSR count). The zero-order valence-electron chi connectivity index (χ0n) is 13.1. The average Bonchev–Trinajstić information content (AvgIpc) is 3.05. The molecule has 124 valence electrons. The molecular weight excluding hydrogens is 296 g/mol. The number of hydrogen-bond acceptors (Lipinski definition) is 4. The molecule has 0 spiro atoms. The van der Waals surface area contributed by atoms with E-state index >= 15 is 0 Å². The number of carboxylic acid groups (broad SMARTS) is 1. The summed E-state index contributed by atoms with van der Waals surface area (Å²) in [4.78, 5) is 29.5. The number of hydrogen-bond donors (Lipinski definition) is 1. The molecule has 2 fully saturated rings. The van der Waals surface area contributed by atoms with Crippen LogP contribution in [0.5, 0.6) is 5.88 Å². The van der Waals surface area contributed by atoms with Crippen LogP contribution in [0.4, 0.5) is 0 Å². The van der Waals surface area contributed by atoms with Gasteiger partial charge in [-0.2, -0.15) is 0 Å². The van der Waals surface area contributed by atoms with E-state index in [1.807, 2.05) is 0 Å². The fourth-order valence-electron chi connectivity index (χ4n) is 3.39. The second-order valence-electron chi connectivity index (χ2n) is 6.26. The van der Waals surface area contributed by atoms with Crippen molar-refractivity contribution in [3.8, 4) is 5.88 Å². The standard InChI is InChI=1S/C17H22N2O4/c20-16(19-10-4-7-14(19)17(21)22)12-8-9-18-15(11-12)23-13-5-2-1-3-6-13/h8-9,11,13-14H,1-7,10H2,(H,21,22)/t14-/m1/s1. The molecule has 6 nitrogen and oxygen atoms in total. The molecule has 1 aliphatic carbocycles. The highest BCUT2D eigenvalue weighted by Crippen LogP contribution is 2.24. The molecule has 0 bridgehead atoms. The molecule has 1 aliphatic heterocycles. The van der Waals surface area contributed by atoms with Gasteiger partial charge in [0.15, 0.2) is 0 Å². The minimum absolute atomic E-state index is 0.167. The van der Waals surface area contributed by atoms with Crippen molar-refractivity contribution >= 4 is 11.9 Å². The van der Waals surface area contributed by atoms with E-state index in [-0.39, 0.29) is 12.0 Å². The smallest absolute Gasteiger partial charge is 0.326 e. The van der Waals surface area contributed by atoms with E-state index in [1.165, 1.54) is 11.3 Å². The van der Waals surface area contributed by atoms with Gasteiger partial charge in [0.2, 0.25) is 5.88 Å². The molecule has 6 heteroatoms. The Morgan fingerprint density at radius 2 is 1.96 bits per heavy atom. The first-order valence-electron chi connectivity index (χ1n) is 8.31. The second-order valence-corrected chi connectivity index (χ2v) is 6.26. The summed E-state index contributed by atoms with van der Waals surface area (Å²) in [6, 6.07) is 2.53. The molecule has 1 aromatic rings. The van der Waals surface area contributed by atoms with Gasteiger partial charge in [-0.05, 0) is 44.6 Å². The number of carbonyl (C=O) groups excluding carboxylic acids is 1. The summed E-state index contributed by atoms with van der Waals surface area (Å²) in [6.45, 7) is 0.483. The number of likely N-dealkylation sites (tertiary alicyclic amines) is 1. The van der Waals surface area contributed by atoms with Crippen molar-refractivity contribution in [2.75, 3.05) is 6.54 Å². The number of rotatable bonds is 4. The molecule has 0 aromatic carbocycles. The van der Waals surface area contributed by atoms with Crippen LogP contribution in [-0.2, 0) is 4.79 Å². The summed E-state index contributed by atoms with van der Waals surface area (Å²) < 4.78 is 5.88. The summed E-state index contributed by atoms with van der Waals surface area (Å²) in [7, 11) is 0. The van der Waals surface area contributed by atoms with E-state index in [0.717, 1.165) is 32.1 Å². The minimum atomic E-state index is -0.941. The SMILES string of the molecule is O=C(O)[C@H]1CCCN1C(=O)c1ccnc(OC2CCCCC2)c1. The van der Waals surface area contributed by atoms with E-state index < -0.39 is 12.0 Å². The third-order valence-electron chi connectivity index (χ3n) is 4.62. The molecular formula is C17H22N2O4. The van der Waals surface area contributed by atoms with Gasteiger partial charge >= 0.3 is 5.97 Å². The highest BCUT2D eigenvalue weighted by atomic mass is 16.5. The molecule has 23 heavy (non-hydrogen) atoms. The molecule has 1 saturated carbocycles. The van der Waals surface area contributed by atoms with Gasteiger partial charge in [-0.25, -0.2) is 9.78 Å². The fraction of sp³-hybridized carbons (Fsp3) is 0.588. The van der Waals surface area contributed by atoms with Crippen LogP contribution >= 0.6 is 0 Å². The van der Waals surface area contributed by atoms with Crippen LogP contribution in [0.1, 0.15) is 55.3 Å². The predicted octanol–water partition coefficient (Wildman–Crippen LogP) is 2.48. The summed E-state index contributed by atoms with van der Waals surface area (Å²) in [5.74, 6) is -0.747. The Morgan fingerprint density at radius 1 is 1.17 bits per heavy atom. The number of carboxylic acids is 1. The monoisotopic (exact) mass is 318 g/mol. The van der Waals surface area contributed by atoms with Crippen LogP contribution < -0.4 is 4.74 Å². The first-order valence-corrected chi connectivity index (χ1v) is 8.31. The Balaban J connectivity index is 1.71.